The first-order valence-corrected chi connectivity index (χ1v) is 7.59. The van der Waals surface area contributed by atoms with Gasteiger partial charge < -0.3 is 4.74 Å². The van der Waals surface area contributed by atoms with Crippen molar-refractivity contribution in [3.8, 4) is 5.75 Å². The van der Waals surface area contributed by atoms with Crippen LogP contribution in [-0.4, -0.2) is 23.5 Å². The molecule has 0 fully saturated rings. The van der Waals surface area contributed by atoms with Crippen molar-refractivity contribution < 1.29 is 14.3 Å². The van der Waals surface area contributed by atoms with E-state index in [1.807, 2.05) is 42.5 Å². The average molecular weight is 322 g/mol. The molecule has 0 radical (unpaired) electrons. The summed E-state index contributed by atoms with van der Waals surface area (Å²) in [7, 11) is 1.57. The lowest BCUT2D eigenvalue weighted by atomic mass is 10.2. The van der Waals surface area contributed by atoms with Crippen molar-refractivity contribution in [1.29, 1.82) is 0 Å². The van der Waals surface area contributed by atoms with E-state index in [9.17, 15) is 9.59 Å². The first-order chi connectivity index (χ1) is 11.5. The first-order valence-electron chi connectivity index (χ1n) is 7.59. The molecule has 0 aliphatic rings. The Morgan fingerprint density at radius 1 is 0.958 bits per heavy atom. The fourth-order valence-corrected chi connectivity index (χ4v) is 2.88. The average Bonchev–Trinajstić information content (AvgIpc) is 2.95. The number of anilines is 2. The maximum absolute atomic E-state index is 12.4. The molecule has 3 rings (SSSR count). The zero-order valence-electron chi connectivity index (χ0n) is 13.8. The van der Waals surface area contributed by atoms with Crippen molar-refractivity contribution in [3.63, 3.8) is 0 Å². The second-order valence-electron chi connectivity index (χ2n) is 5.45. The highest BCUT2D eigenvalue weighted by atomic mass is 16.5. The molecule has 1 heterocycles. The van der Waals surface area contributed by atoms with Gasteiger partial charge in [0, 0.05) is 25.4 Å². The van der Waals surface area contributed by atoms with Crippen LogP contribution in [0.3, 0.4) is 0 Å². The van der Waals surface area contributed by atoms with Crippen molar-refractivity contribution in [1.82, 2.24) is 4.57 Å². The number of carbonyl (C=O) groups excluding carboxylic acids is 2. The summed E-state index contributed by atoms with van der Waals surface area (Å²) in [6.45, 7) is 2.99. The molecule has 0 unspecified atom stereocenters. The maximum Gasteiger partial charge on any atom is 0.228 e. The van der Waals surface area contributed by atoms with Crippen molar-refractivity contribution in [3.05, 3.63) is 54.7 Å². The third-order valence-electron chi connectivity index (χ3n) is 3.91. The summed E-state index contributed by atoms with van der Waals surface area (Å²) in [4.78, 5) is 25.9. The predicted molar refractivity (Wildman–Crippen MR) is 94.1 cm³/mol. The zero-order chi connectivity index (χ0) is 17.3. The van der Waals surface area contributed by atoms with Crippen molar-refractivity contribution in [2.24, 2.45) is 0 Å². The Hall–Kier alpha value is -3.08. The monoisotopic (exact) mass is 322 g/mol. The van der Waals surface area contributed by atoms with E-state index in [0.29, 0.717) is 17.1 Å². The Kier molecular flexibility index (Phi) is 4.08. The van der Waals surface area contributed by atoms with Gasteiger partial charge in [-0.15, -0.1) is 0 Å². The summed E-state index contributed by atoms with van der Waals surface area (Å²) >= 11 is 0. The van der Waals surface area contributed by atoms with Crippen LogP contribution in [0.5, 0.6) is 5.75 Å². The quantitative estimate of drug-likeness (QED) is 0.732. The lowest BCUT2D eigenvalue weighted by molar-refractivity contribution is -0.115. The molecular formula is C19H18N2O3. The van der Waals surface area contributed by atoms with Gasteiger partial charge in [-0.1, -0.05) is 30.3 Å². The highest BCUT2D eigenvalue weighted by Gasteiger charge is 2.23. The van der Waals surface area contributed by atoms with Crippen LogP contribution < -0.4 is 9.64 Å². The van der Waals surface area contributed by atoms with Crippen LogP contribution in [0.1, 0.15) is 18.6 Å². The van der Waals surface area contributed by atoms with Crippen molar-refractivity contribution >= 4 is 34.1 Å². The van der Waals surface area contributed by atoms with Gasteiger partial charge in [0.15, 0.2) is 0 Å². The lowest BCUT2D eigenvalue weighted by Crippen LogP contribution is -2.23. The van der Waals surface area contributed by atoms with Crippen molar-refractivity contribution in [2.75, 3.05) is 12.0 Å². The second kappa shape index (κ2) is 6.20. The Morgan fingerprint density at radius 2 is 1.62 bits per heavy atom. The van der Waals surface area contributed by atoms with Crippen molar-refractivity contribution in [2.45, 2.75) is 13.8 Å². The van der Waals surface area contributed by atoms with Gasteiger partial charge in [-0.05, 0) is 18.2 Å². The molecule has 0 aliphatic heterocycles. The summed E-state index contributed by atoms with van der Waals surface area (Å²) in [5.41, 5.74) is 2.05. The standard InChI is InChI=1S/C19H18N2O3/c1-13(22)20-12-18(15-8-4-5-9-16(15)20)21(14(2)23)17-10-6-7-11-19(17)24-3/h4-12H,1-3H3. The fourth-order valence-electron chi connectivity index (χ4n) is 2.88. The molecule has 1 aromatic heterocycles. The van der Waals surface area contributed by atoms with Gasteiger partial charge in [-0.2, -0.15) is 0 Å². The van der Waals surface area contributed by atoms with E-state index in [1.165, 1.54) is 13.8 Å². The van der Waals surface area contributed by atoms with Gasteiger partial charge in [0.05, 0.1) is 24.0 Å². The molecule has 0 saturated carbocycles. The minimum Gasteiger partial charge on any atom is -0.495 e. The molecular weight excluding hydrogens is 304 g/mol. The molecule has 24 heavy (non-hydrogen) atoms. The molecule has 0 spiro atoms. The summed E-state index contributed by atoms with van der Waals surface area (Å²) in [5, 5.41) is 0.828. The number of para-hydroxylation sites is 3. The minimum absolute atomic E-state index is 0.110. The number of carbonyl (C=O) groups is 2. The Balaban J connectivity index is 2.30. The van der Waals surface area contributed by atoms with Crippen LogP contribution in [0.15, 0.2) is 54.7 Å². The second-order valence-corrected chi connectivity index (χ2v) is 5.45. The molecule has 3 aromatic rings. The van der Waals surface area contributed by atoms with E-state index in [0.717, 1.165) is 10.9 Å². The van der Waals surface area contributed by atoms with Crippen LogP contribution in [0.25, 0.3) is 10.9 Å². The van der Waals surface area contributed by atoms with Gasteiger partial charge in [-0.25, -0.2) is 0 Å². The number of benzene rings is 2. The minimum atomic E-state index is -0.161. The third kappa shape index (κ3) is 2.54. The largest absolute Gasteiger partial charge is 0.495 e. The van der Waals surface area contributed by atoms with E-state index >= 15 is 0 Å². The van der Waals surface area contributed by atoms with Gasteiger partial charge in [0.25, 0.3) is 0 Å². The number of nitrogens with zero attached hydrogens (tertiary/aromatic N) is 2. The van der Waals surface area contributed by atoms with Gasteiger partial charge in [0.1, 0.15) is 5.75 Å². The predicted octanol–water partition coefficient (Wildman–Crippen LogP) is 3.99. The van der Waals surface area contributed by atoms with Gasteiger partial charge in [0.2, 0.25) is 11.8 Å². The number of aromatic nitrogens is 1. The SMILES string of the molecule is COc1ccccc1N(C(C)=O)c1cn(C(C)=O)c2ccccc12. The van der Waals surface area contributed by atoms with E-state index in [2.05, 4.69) is 0 Å². The highest BCUT2D eigenvalue weighted by molar-refractivity contribution is 6.10. The Morgan fingerprint density at radius 3 is 2.29 bits per heavy atom. The number of amides is 1. The van der Waals surface area contributed by atoms with E-state index in [4.69, 9.17) is 4.74 Å². The Bertz CT molecular complexity index is 927. The van der Waals surface area contributed by atoms with Crippen LogP contribution in [-0.2, 0) is 4.79 Å². The molecule has 0 aliphatic carbocycles. The molecule has 0 bridgehead atoms. The fraction of sp³-hybridized carbons (Fsp3) is 0.158. The number of methoxy groups -OCH3 is 1. The Labute approximate surface area is 140 Å². The zero-order valence-corrected chi connectivity index (χ0v) is 13.8. The summed E-state index contributed by atoms with van der Waals surface area (Å²) < 4.78 is 6.95. The topological polar surface area (TPSA) is 51.5 Å². The van der Waals surface area contributed by atoms with Crippen LogP contribution in [0.4, 0.5) is 11.4 Å². The van der Waals surface area contributed by atoms with Crippen LogP contribution in [0, 0.1) is 0 Å². The van der Waals surface area contributed by atoms with E-state index in [-0.39, 0.29) is 11.8 Å². The molecule has 0 saturated heterocycles. The smallest absolute Gasteiger partial charge is 0.228 e. The summed E-state index contributed by atoms with van der Waals surface area (Å²) in [6, 6.07) is 14.8. The molecule has 5 nitrogen and oxygen atoms in total. The number of rotatable bonds is 3. The van der Waals surface area contributed by atoms with E-state index < -0.39 is 0 Å². The van der Waals surface area contributed by atoms with E-state index in [1.54, 1.807) is 28.8 Å². The number of hydrogen-bond acceptors (Lipinski definition) is 3. The van der Waals surface area contributed by atoms with Crippen LogP contribution in [0.2, 0.25) is 0 Å². The summed E-state index contributed by atoms with van der Waals surface area (Å²) in [5.74, 6) is 0.319. The number of ether oxygens (including phenoxy) is 1. The van der Waals surface area contributed by atoms with Gasteiger partial charge >= 0.3 is 0 Å². The van der Waals surface area contributed by atoms with Gasteiger partial charge in [-0.3, -0.25) is 19.1 Å². The third-order valence-corrected chi connectivity index (χ3v) is 3.91. The molecule has 122 valence electrons. The van der Waals surface area contributed by atoms with Crippen LogP contribution >= 0.6 is 0 Å². The molecule has 2 aromatic carbocycles. The molecule has 1 amide bonds. The highest BCUT2D eigenvalue weighted by Crippen LogP contribution is 2.38. The normalized spacial score (nSPS) is 10.6. The molecule has 0 N–H and O–H groups in total. The molecule has 0 atom stereocenters. The lowest BCUT2D eigenvalue weighted by Gasteiger charge is -2.22. The number of fused-ring (bicyclic) bond motifs is 1. The molecule has 5 heteroatoms. The first kappa shape index (κ1) is 15.8. The maximum atomic E-state index is 12.4. The number of hydrogen-bond donors (Lipinski definition) is 0. The summed E-state index contributed by atoms with van der Waals surface area (Å²) in [6.07, 6.45) is 1.70.